The van der Waals surface area contributed by atoms with Crippen LogP contribution in [0.25, 0.3) is 0 Å². The Hall–Kier alpha value is -3.37. The van der Waals surface area contributed by atoms with Gasteiger partial charge in [0.15, 0.2) is 5.69 Å². The smallest absolute Gasteiger partial charge is 0.272 e. The molecule has 3 N–H and O–H groups in total. The van der Waals surface area contributed by atoms with E-state index in [4.69, 9.17) is 9.47 Å². The summed E-state index contributed by atoms with van der Waals surface area (Å²) in [6, 6.07) is 7.98. The first kappa shape index (κ1) is 21.8. The zero-order valence-electron chi connectivity index (χ0n) is 18.3. The van der Waals surface area contributed by atoms with E-state index in [0.29, 0.717) is 16.5 Å². The van der Waals surface area contributed by atoms with Gasteiger partial charge < -0.3 is 30.3 Å². The Bertz CT molecular complexity index is 1100. The second-order valence-corrected chi connectivity index (χ2v) is 8.08. The zero-order chi connectivity index (χ0) is 22.5. The van der Waals surface area contributed by atoms with E-state index < -0.39 is 0 Å². The Morgan fingerprint density at radius 3 is 2.72 bits per heavy atom. The fourth-order valence-corrected chi connectivity index (χ4v) is 4.09. The van der Waals surface area contributed by atoms with Gasteiger partial charge in [-0.05, 0) is 24.6 Å². The lowest BCUT2D eigenvalue weighted by molar-refractivity contribution is 0.0959. The van der Waals surface area contributed by atoms with Crippen molar-refractivity contribution in [2.75, 3.05) is 56.0 Å². The summed E-state index contributed by atoms with van der Waals surface area (Å²) in [6.07, 6.45) is 1.78. The van der Waals surface area contributed by atoms with Crippen LogP contribution in [0.15, 0.2) is 36.0 Å². The fourth-order valence-electron chi connectivity index (χ4n) is 3.40. The Labute approximate surface area is 190 Å². The number of ether oxygens (including phenoxy) is 2. The van der Waals surface area contributed by atoms with E-state index in [1.165, 1.54) is 11.3 Å². The molecule has 0 unspecified atom stereocenters. The van der Waals surface area contributed by atoms with Crippen molar-refractivity contribution >= 4 is 45.1 Å². The number of benzene rings is 1. The molecule has 2 aromatic heterocycles. The second kappa shape index (κ2) is 9.84. The fraction of sp³-hybridized carbons (Fsp3) is 0.318. The number of hydrogen-bond acceptors (Lipinski definition) is 9. The maximum absolute atomic E-state index is 12.0. The van der Waals surface area contributed by atoms with Crippen LogP contribution in [0.1, 0.15) is 16.1 Å². The van der Waals surface area contributed by atoms with Gasteiger partial charge >= 0.3 is 0 Å². The SMILES string of the molecule is CNC(=O)c1ncsc1Nc1cc(Nc2ccc(N3CCOCC3)cc2OC)ncc1C. The molecule has 9 nitrogen and oxygen atoms in total. The number of thiazole rings is 1. The molecule has 0 saturated carbocycles. The lowest BCUT2D eigenvalue weighted by Crippen LogP contribution is -2.36. The molecule has 10 heteroatoms. The van der Waals surface area contributed by atoms with Gasteiger partial charge in [-0.2, -0.15) is 0 Å². The average molecular weight is 455 g/mol. The maximum atomic E-state index is 12.0. The summed E-state index contributed by atoms with van der Waals surface area (Å²) in [7, 11) is 3.24. The van der Waals surface area contributed by atoms with Gasteiger partial charge in [-0.3, -0.25) is 4.79 Å². The Balaban J connectivity index is 1.55. The van der Waals surface area contributed by atoms with Crippen LogP contribution in [0.4, 0.5) is 27.9 Å². The van der Waals surface area contributed by atoms with Crippen molar-refractivity contribution < 1.29 is 14.3 Å². The molecule has 0 atom stereocenters. The molecule has 1 amide bonds. The van der Waals surface area contributed by atoms with Gasteiger partial charge in [0.1, 0.15) is 16.6 Å². The number of amides is 1. The van der Waals surface area contributed by atoms with Crippen molar-refractivity contribution in [3.8, 4) is 5.75 Å². The molecule has 0 spiro atoms. The van der Waals surface area contributed by atoms with Crippen molar-refractivity contribution in [2.45, 2.75) is 6.92 Å². The van der Waals surface area contributed by atoms with Gasteiger partial charge in [0, 0.05) is 49.8 Å². The molecule has 1 aliphatic heterocycles. The van der Waals surface area contributed by atoms with Crippen LogP contribution in [0.3, 0.4) is 0 Å². The first-order valence-electron chi connectivity index (χ1n) is 10.3. The van der Waals surface area contributed by atoms with E-state index in [1.54, 1.807) is 25.9 Å². The number of carbonyl (C=O) groups is 1. The average Bonchev–Trinajstić information content (AvgIpc) is 3.29. The first-order chi connectivity index (χ1) is 15.6. The van der Waals surface area contributed by atoms with Crippen LogP contribution in [0, 0.1) is 6.92 Å². The van der Waals surface area contributed by atoms with Gasteiger partial charge in [-0.15, -0.1) is 11.3 Å². The number of rotatable bonds is 7. The van der Waals surface area contributed by atoms with Gasteiger partial charge in [0.2, 0.25) is 0 Å². The van der Waals surface area contributed by atoms with Crippen molar-refractivity contribution in [1.29, 1.82) is 0 Å². The molecule has 3 heterocycles. The number of anilines is 5. The second-order valence-electron chi connectivity index (χ2n) is 7.23. The minimum absolute atomic E-state index is 0.232. The summed E-state index contributed by atoms with van der Waals surface area (Å²) in [5, 5.41) is 9.93. The molecule has 0 bridgehead atoms. The van der Waals surface area contributed by atoms with Gasteiger partial charge in [-0.1, -0.05) is 0 Å². The summed E-state index contributed by atoms with van der Waals surface area (Å²) in [6.45, 7) is 5.14. The number of pyridine rings is 1. The molecule has 32 heavy (non-hydrogen) atoms. The number of carbonyl (C=O) groups excluding carboxylic acids is 1. The number of morpholine rings is 1. The molecule has 1 aromatic carbocycles. The van der Waals surface area contributed by atoms with Gasteiger partial charge in [0.25, 0.3) is 5.91 Å². The highest BCUT2D eigenvalue weighted by molar-refractivity contribution is 7.14. The topological polar surface area (TPSA) is 101 Å². The van der Waals surface area contributed by atoms with Crippen molar-refractivity contribution in [2.24, 2.45) is 0 Å². The van der Waals surface area contributed by atoms with E-state index in [9.17, 15) is 4.79 Å². The molecule has 0 radical (unpaired) electrons. The van der Waals surface area contributed by atoms with E-state index in [-0.39, 0.29) is 5.91 Å². The first-order valence-corrected chi connectivity index (χ1v) is 11.1. The molecule has 4 rings (SSSR count). The van der Waals surface area contributed by atoms with Crippen molar-refractivity contribution in [3.05, 3.63) is 47.2 Å². The van der Waals surface area contributed by atoms with E-state index >= 15 is 0 Å². The van der Waals surface area contributed by atoms with Crippen LogP contribution in [-0.2, 0) is 4.74 Å². The van der Waals surface area contributed by atoms with Crippen LogP contribution < -0.4 is 25.6 Å². The summed E-state index contributed by atoms with van der Waals surface area (Å²) >= 11 is 1.37. The third-order valence-corrected chi connectivity index (χ3v) is 5.93. The largest absolute Gasteiger partial charge is 0.494 e. The molecular formula is C22H26N6O3S. The summed E-state index contributed by atoms with van der Waals surface area (Å²) in [5.41, 5.74) is 5.70. The Morgan fingerprint density at radius 1 is 1.16 bits per heavy atom. The number of nitrogens with one attached hydrogen (secondary N) is 3. The molecule has 3 aromatic rings. The number of nitrogens with zero attached hydrogens (tertiary/aromatic N) is 3. The number of hydrogen-bond donors (Lipinski definition) is 3. The third-order valence-electron chi connectivity index (χ3n) is 5.19. The lowest BCUT2D eigenvalue weighted by Gasteiger charge is -2.29. The molecule has 0 aliphatic carbocycles. The highest BCUT2D eigenvalue weighted by Crippen LogP contribution is 2.33. The van der Waals surface area contributed by atoms with E-state index in [1.807, 2.05) is 25.1 Å². The standard InChI is InChI=1S/C22H26N6O3S/c1-14-12-24-19(11-17(14)27-22-20(21(29)23-2)25-13-32-22)26-16-5-4-15(10-18(16)30-3)28-6-8-31-9-7-28/h4-5,10-13H,6-9H2,1-3H3,(H,23,29)(H2,24,26,27). The highest BCUT2D eigenvalue weighted by Gasteiger charge is 2.16. The Kier molecular flexibility index (Phi) is 6.72. The van der Waals surface area contributed by atoms with Crippen molar-refractivity contribution in [3.63, 3.8) is 0 Å². The number of aromatic nitrogens is 2. The van der Waals surface area contributed by atoms with Crippen LogP contribution >= 0.6 is 11.3 Å². The molecule has 1 saturated heterocycles. The quantitative estimate of drug-likeness (QED) is 0.498. The normalized spacial score (nSPS) is 13.5. The van der Waals surface area contributed by atoms with E-state index in [0.717, 1.165) is 54.7 Å². The molecule has 1 fully saturated rings. The van der Waals surface area contributed by atoms with Gasteiger partial charge in [0.05, 0.1) is 31.5 Å². The number of aryl methyl sites for hydroxylation is 1. The maximum Gasteiger partial charge on any atom is 0.272 e. The zero-order valence-corrected chi connectivity index (χ0v) is 19.1. The van der Waals surface area contributed by atoms with Crippen LogP contribution in [0.2, 0.25) is 0 Å². The van der Waals surface area contributed by atoms with E-state index in [2.05, 4.69) is 36.9 Å². The minimum Gasteiger partial charge on any atom is -0.494 e. The predicted molar refractivity (Wildman–Crippen MR) is 127 cm³/mol. The molecular weight excluding hydrogens is 428 g/mol. The summed E-state index contributed by atoms with van der Waals surface area (Å²) < 4.78 is 11.1. The monoisotopic (exact) mass is 454 g/mol. The van der Waals surface area contributed by atoms with Gasteiger partial charge in [-0.25, -0.2) is 9.97 Å². The Morgan fingerprint density at radius 2 is 1.97 bits per heavy atom. The van der Waals surface area contributed by atoms with Crippen LogP contribution in [-0.4, -0.2) is 56.3 Å². The number of methoxy groups -OCH3 is 1. The summed E-state index contributed by atoms with van der Waals surface area (Å²) in [4.78, 5) is 23.0. The lowest BCUT2D eigenvalue weighted by atomic mass is 10.2. The predicted octanol–water partition coefficient (Wildman–Crippen LogP) is 3.54. The third kappa shape index (κ3) is 4.76. The highest BCUT2D eigenvalue weighted by atomic mass is 32.1. The van der Waals surface area contributed by atoms with Crippen LogP contribution in [0.5, 0.6) is 5.75 Å². The molecule has 1 aliphatic rings. The summed E-state index contributed by atoms with van der Waals surface area (Å²) in [5.74, 6) is 1.15. The molecule has 168 valence electrons. The van der Waals surface area contributed by atoms with Crippen molar-refractivity contribution in [1.82, 2.24) is 15.3 Å². The minimum atomic E-state index is -0.232.